The van der Waals surface area contributed by atoms with E-state index in [9.17, 15) is 5.11 Å². The Morgan fingerprint density at radius 3 is 2.61 bits per heavy atom. The fourth-order valence-corrected chi connectivity index (χ4v) is 3.33. The summed E-state index contributed by atoms with van der Waals surface area (Å²) in [4.78, 5) is 4.64. The van der Waals surface area contributed by atoms with Crippen molar-refractivity contribution in [3.63, 3.8) is 0 Å². The van der Waals surface area contributed by atoms with E-state index in [0.29, 0.717) is 12.3 Å². The van der Waals surface area contributed by atoms with Gasteiger partial charge in [0.2, 0.25) is 0 Å². The maximum absolute atomic E-state index is 9.91. The number of hydrogen-bond donors (Lipinski definition) is 3. The topological polar surface area (TPSA) is 65.9 Å². The highest BCUT2D eigenvalue weighted by Gasteiger charge is 2.44. The lowest BCUT2D eigenvalue weighted by Crippen LogP contribution is -2.41. The van der Waals surface area contributed by atoms with Gasteiger partial charge in [0.1, 0.15) is 0 Å². The van der Waals surface area contributed by atoms with Crippen LogP contribution >= 0.6 is 35.6 Å². The average molecular weight is 516 g/mol. The normalized spacial score (nSPS) is 14.8. The van der Waals surface area contributed by atoms with Crippen molar-refractivity contribution in [2.75, 3.05) is 20.2 Å². The van der Waals surface area contributed by atoms with Gasteiger partial charge in [0.15, 0.2) is 17.5 Å². The van der Waals surface area contributed by atoms with Gasteiger partial charge in [-0.05, 0) is 55.2 Å². The lowest BCUT2D eigenvalue weighted by Gasteiger charge is -2.19. The Kier molecular flexibility index (Phi) is 8.24. The van der Waals surface area contributed by atoms with Crippen molar-refractivity contribution in [3.05, 3.63) is 58.6 Å². The molecule has 1 fully saturated rings. The van der Waals surface area contributed by atoms with Gasteiger partial charge in [-0.15, -0.1) is 24.0 Å². The molecule has 3 rings (SSSR count). The first-order valence-electron chi connectivity index (χ1n) is 9.20. The van der Waals surface area contributed by atoms with Crippen molar-refractivity contribution < 1.29 is 9.84 Å². The predicted octanol–water partition coefficient (Wildman–Crippen LogP) is 4.46. The van der Waals surface area contributed by atoms with Crippen molar-refractivity contribution >= 4 is 41.5 Å². The second kappa shape index (κ2) is 10.2. The van der Waals surface area contributed by atoms with Gasteiger partial charge in [0.25, 0.3) is 0 Å². The van der Waals surface area contributed by atoms with Gasteiger partial charge in [-0.25, -0.2) is 4.99 Å². The molecule has 152 valence electrons. The minimum Gasteiger partial charge on any atom is -0.504 e. The van der Waals surface area contributed by atoms with Crippen LogP contribution in [0.3, 0.4) is 0 Å². The Morgan fingerprint density at radius 1 is 1.21 bits per heavy atom. The molecule has 0 atom stereocenters. The number of methoxy groups -OCH3 is 1. The summed E-state index contributed by atoms with van der Waals surface area (Å²) in [7, 11) is 1.54. The van der Waals surface area contributed by atoms with Crippen LogP contribution in [0.2, 0.25) is 5.02 Å². The van der Waals surface area contributed by atoms with E-state index in [1.54, 1.807) is 12.1 Å². The minimum absolute atomic E-state index is 0. The largest absolute Gasteiger partial charge is 0.504 e. The van der Waals surface area contributed by atoms with Gasteiger partial charge in [-0.3, -0.25) is 0 Å². The Morgan fingerprint density at radius 2 is 2.00 bits per heavy atom. The van der Waals surface area contributed by atoms with Crippen LogP contribution < -0.4 is 15.4 Å². The summed E-state index contributed by atoms with van der Waals surface area (Å²) in [5, 5.41) is 17.4. The summed E-state index contributed by atoms with van der Waals surface area (Å²) in [5.74, 6) is 1.35. The lowest BCUT2D eigenvalue weighted by atomic mass is 9.96. The van der Waals surface area contributed by atoms with Crippen LogP contribution in [0, 0.1) is 0 Å². The molecule has 0 amide bonds. The molecular weight excluding hydrogens is 489 g/mol. The molecule has 0 aliphatic heterocycles. The van der Waals surface area contributed by atoms with Gasteiger partial charge < -0.3 is 20.5 Å². The van der Waals surface area contributed by atoms with Crippen LogP contribution in [0.4, 0.5) is 0 Å². The van der Waals surface area contributed by atoms with Crippen LogP contribution in [0.5, 0.6) is 11.5 Å². The zero-order chi connectivity index (χ0) is 19.3. The van der Waals surface area contributed by atoms with E-state index in [1.807, 2.05) is 25.1 Å². The van der Waals surface area contributed by atoms with Crippen molar-refractivity contribution in [2.45, 2.75) is 31.7 Å². The number of halogens is 2. The molecule has 0 bridgehead atoms. The maximum Gasteiger partial charge on any atom is 0.191 e. The number of aliphatic imine (C=N–C) groups is 1. The number of phenolic OH excluding ortho intramolecular Hbond substituents is 1. The highest BCUT2D eigenvalue weighted by molar-refractivity contribution is 14.0. The van der Waals surface area contributed by atoms with Crippen LogP contribution in [0.15, 0.2) is 47.5 Å². The molecule has 0 heterocycles. The minimum atomic E-state index is 0. The van der Waals surface area contributed by atoms with Gasteiger partial charge in [-0.1, -0.05) is 29.8 Å². The van der Waals surface area contributed by atoms with Gasteiger partial charge >= 0.3 is 0 Å². The number of nitrogens with one attached hydrogen (secondary N) is 2. The van der Waals surface area contributed by atoms with E-state index in [4.69, 9.17) is 16.3 Å². The van der Waals surface area contributed by atoms with Crippen molar-refractivity contribution in [3.8, 4) is 11.5 Å². The highest BCUT2D eigenvalue weighted by atomic mass is 127. The zero-order valence-electron chi connectivity index (χ0n) is 16.2. The number of nitrogens with zero attached hydrogens (tertiary/aromatic N) is 1. The Labute approximate surface area is 188 Å². The molecule has 0 unspecified atom stereocenters. The Hall–Kier alpha value is -1.67. The van der Waals surface area contributed by atoms with Crippen molar-refractivity contribution in [1.82, 2.24) is 10.6 Å². The lowest BCUT2D eigenvalue weighted by molar-refractivity contribution is 0.373. The van der Waals surface area contributed by atoms with Crippen molar-refractivity contribution in [1.29, 1.82) is 0 Å². The number of guanidine groups is 1. The molecule has 0 saturated heterocycles. The molecule has 0 spiro atoms. The molecule has 0 radical (unpaired) electrons. The average Bonchev–Trinajstić information content (AvgIpc) is 3.45. The fraction of sp³-hybridized carbons (Fsp3) is 0.381. The van der Waals surface area contributed by atoms with Crippen LogP contribution in [0.25, 0.3) is 0 Å². The number of phenols is 1. The molecule has 2 aromatic rings. The molecule has 1 aliphatic carbocycles. The number of rotatable bonds is 7. The number of ether oxygens (including phenoxy) is 1. The van der Waals surface area contributed by atoms with E-state index in [-0.39, 0.29) is 35.1 Å². The molecular formula is C21H27ClIN3O2. The SMILES string of the molecule is CCNC(=NCc1ccc(OC)c(O)c1)NCC1(c2cccc(Cl)c2)CC1.I. The molecule has 1 aliphatic rings. The summed E-state index contributed by atoms with van der Waals surface area (Å²) in [5.41, 5.74) is 2.33. The number of benzene rings is 2. The summed E-state index contributed by atoms with van der Waals surface area (Å²) < 4.78 is 5.08. The summed E-state index contributed by atoms with van der Waals surface area (Å²) >= 11 is 6.16. The second-order valence-corrected chi connectivity index (χ2v) is 7.28. The maximum atomic E-state index is 9.91. The molecule has 28 heavy (non-hydrogen) atoms. The quantitative estimate of drug-likeness (QED) is 0.289. The summed E-state index contributed by atoms with van der Waals surface area (Å²) in [6, 6.07) is 13.4. The second-order valence-electron chi connectivity index (χ2n) is 6.85. The van der Waals surface area contributed by atoms with Gasteiger partial charge in [0.05, 0.1) is 13.7 Å². The van der Waals surface area contributed by atoms with Gasteiger partial charge in [-0.2, -0.15) is 0 Å². The molecule has 7 heteroatoms. The first kappa shape index (κ1) is 22.6. The predicted molar refractivity (Wildman–Crippen MR) is 125 cm³/mol. The number of hydrogen-bond acceptors (Lipinski definition) is 3. The van der Waals surface area contributed by atoms with Crippen LogP contribution in [-0.4, -0.2) is 31.3 Å². The molecule has 2 aromatic carbocycles. The molecule has 1 saturated carbocycles. The first-order chi connectivity index (χ1) is 13.1. The number of aromatic hydroxyl groups is 1. The monoisotopic (exact) mass is 515 g/mol. The Balaban J connectivity index is 0.00000280. The van der Waals surface area contributed by atoms with Gasteiger partial charge in [0, 0.05) is 23.5 Å². The third-order valence-corrected chi connectivity index (χ3v) is 5.13. The van der Waals surface area contributed by atoms with Crippen molar-refractivity contribution in [2.24, 2.45) is 4.99 Å². The smallest absolute Gasteiger partial charge is 0.191 e. The summed E-state index contributed by atoms with van der Waals surface area (Å²) in [6.07, 6.45) is 2.29. The van der Waals surface area contributed by atoms with E-state index < -0.39 is 0 Å². The molecule has 5 nitrogen and oxygen atoms in total. The Bertz CT molecular complexity index is 825. The first-order valence-corrected chi connectivity index (χ1v) is 9.58. The van der Waals surface area contributed by atoms with Crippen LogP contribution in [-0.2, 0) is 12.0 Å². The fourth-order valence-electron chi connectivity index (χ4n) is 3.14. The third kappa shape index (κ3) is 5.67. The summed E-state index contributed by atoms with van der Waals surface area (Å²) in [6.45, 7) is 4.11. The van der Waals surface area contributed by atoms with Crippen LogP contribution in [0.1, 0.15) is 30.9 Å². The molecule has 0 aromatic heterocycles. The standard InChI is InChI=1S/C21H26ClN3O2.HI/c1-3-23-20(24-13-15-7-8-19(27-2)18(26)11-15)25-14-21(9-10-21)16-5-4-6-17(22)12-16;/h4-8,11-12,26H,3,9-10,13-14H2,1-2H3,(H2,23,24,25);1H. The highest BCUT2D eigenvalue weighted by Crippen LogP contribution is 2.48. The third-order valence-electron chi connectivity index (χ3n) is 4.89. The zero-order valence-corrected chi connectivity index (χ0v) is 19.3. The van der Waals surface area contributed by atoms with E-state index >= 15 is 0 Å². The molecule has 3 N–H and O–H groups in total. The van der Waals surface area contributed by atoms with E-state index in [1.165, 1.54) is 12.7 Å². The van der Waals surface area contributed by atoms with E-state index in [0.717, 1.165) is 42.5 Å². The van der Waals surface area contributed by atoms with E-state index in [2.05, 4.69) is 27.8 Å².